The van der Waals surface area contributed by atoms with Crippen LogP contribution in [0.2, 0.25) is 0 Å². The molecule has 3 aromatic rings. The highest BCUT2D eigenvalue weighted by Crippen LogP contribution is 2.22. The zero-order chi connectivity index (χ0) is 18.6. The van der Waals surface area contributed by atoms with Crippen LogP contribution in [-0.2, 0) is 13.2 Å². The van der Waals surface area contributed by atoms with Crippen LogP contribution >= 0.6 is 23.6 Å². The number of rotatable bonds is 8. The molecule has 1 saturated carbocycles. The van der Waals surface area contributed by atoms with Gasteiger partial charge in [0.25, 0.3) is 0 Å². The third-order valence-electron chi connectivity index (χ3n) is 4.64. The monoisotopic (exact) mass is 400 g/mol. The Morgan fingerprint density at radius 2 is 1.96 bits per heavy atom. The van der Waals surface area contributed by atoms with E-state index in [0.29, 0.717) is 6.04 Å². The molecule has 0 saturated heterocycles. The lowest BCUT2D eigenvalue weighted by Gasteiger charge is -2.18. The summed E-state index contributed by atoms with van der Waals surface area (Å²) in [6.45, 7) is 1.75. The number of anilines is 2. The van der Waals surface area contributed by atoms with E-state index in [1.807, 2.05) is 41.3 Å². The molecule has 8 heteroatoms. The van der Waals surface area contributed by atoms with E-state index >= 15 is 0 Å². The molecule has 6 nitrogen and oxygen atoms in total. The van der Waals surface area contributed by atoms with Gasteiger partial charge in [0, 0.05) is 36.5 Å². The Kier molecular flexibility index (Phi) is 5.47. The van der Waals surface area contributed by atoms with E-state index in [2.05, 4.69) is 22.4 Å². The fourth-order valence-electron chi connectivity index (χ4n) is 3.03. The molecule has 0 aliphatic heterocycles. The number of ether oxygens (including phenoxy) is 1. The van der Waals surface area contributed by atoms with Gasteiger partial charge in [-0.3, -0.25) is 4.98 Å². The third kappa shape index (κ3) is 4.71. The number of hydrogen-bond donors (Lipinski definition) is 2. The average Bonchev–Trinajstić information content (AvgIpc) is 3.48. The second-order valence-corrected chi connectivity index (χ2v) is 8.27. The Balaban J connectivity index is 1.46. The van der Waals surface area contributed by atoms with E-state index in [0.717, 1.165) is 33.7 Å². The molecular formula is C19H22N5OS2+. The topological polar surface area (TPSA) is 56.4 Å². The molecule has 0 radical (unpaired) electrons. The van der Waals surface area contributed by atoms with Crippen molar-refractivity contribution in [2.45, 2.75) is 32.1 Å². The standard InChI is InChI=1S/C19H21N5OS2/c1-25-17-6-2-15(3-7-17)21-18-22-24(19(26)27-18)13-23(16-4-5-16)12-14-8-10-20-11-9-14/h2-3,6-11,16H,4-5,12-13H2,1H3,(H,21,22)/p+1. The van der Waals surface area contributed by atoms with E-state index in [1.165, 1.54) is 34.6 Å². The minimum Gasteiger partial charge on any atom is -0.497 e. The van der Waals surface area contributed by atoms with Gasteiger partial charge in [-0.25, -0.2) is 0 Å². The van der Waals surface area contributed by atoms with Crippen LogP contribution in [0.4, 0.5) is 10.8 Å². The van der Waals surface area contributed by atoms with Crippen molar-refractivity contribution in [3.63, 3.8) is 0 Å². The molecule has 140 valence electrons. The summed E-state index contributed by atoms with van der Waals surface area (Å²) in [5.74, 6) is 0.832. The van der Waals surface area contributed by atoms with Gasteiger partial charge in [0.15, 0.2) is 10.6 Å². The van der Waals surface area contributed by atoms with Crippen LogP contribution in [0.1, 0.15) is 18.4 Å². The van der Waals surface area contributed by atoms with Crippen LogP contribution in [-0.4, -0.2) is 27.9 Å². The summed E-state index contributed by atoms with van der Waals surface area (Å²) in [5.41, 5.74) is 2.26. The van der Waals surface area contributed by atoms with Crippen molar-refractivity contribution in [1.82, 2.24) is 14.8 Å². The average molecular weight is 401 g/mol. The molecule has 2 heterocycles. The number of nitrogens with zero attached hydrogens (tertiary/aromatic N) is 3. The highest BCUT2D eigenvalue weighted by Gasteiger charge is 2.33. The Morgan fingerprint density at radius 3 is 2.63 bits per heavy atom. The number of aromatic nitrogens is 3. The molecule has 1 aliphatic rings. The molecule has 1 aliphatic carbocycles. The van der Waals surface area contributed by atoms with E-state index in [1.54, 1.807) is 7.11 Å². The minimum atomic E-state index is 0.694. The van der Waals surface area contributed by atoms with Gasteiger partial charge in [-0.15, -0.1) is 5.10 Å². The first kappa shape index (κ1) is 18.1. The van der Waals surface area contributed by atoms with Crippen LogP contribution in [0, 0.1) is 3.95 Å². The molecule has 2 aromatic heterocycles. The summed E-state index contributed by atoms with van der Waals surface area (Å²) < 4.78 is 7.93. The van der Waals surface area contributed by atoms with Gasteiger partial charge in [-0.2, -0.15) is 4.68 Å². The van der Waals surface area contributed by atoms with Crippen molar-refractivity contribution in [3.8, 4) is 5.75 Å². The fourth-order valence-corrected chi connectivity index (χ4v) is 4.06. The molecule has 1 unspecified atom stereocenters. The van der Waals surface area contributed by atoms with E-state index in [4.69, 9.17) is 22.1 Å². The van der Waals surface area contributed by atoms with E-state index in [9.17, 15) is 0 Å². The van der Waals surface area contributed by atoms with Gasteiger partial charge in [-0.05, 0) is 48.6 Å². The van der Waals surface area contributed by atoms with Crippen LogP contribution in [0.3, 0.4) is 0 Å². The van der Waals surface area contributed by atoms with Crippen LogP contribution in [0.5, 0.6) is 5.75 Å². The molecule has 0 spiro atoms. The van der Waals surface area contributed by atoms with Crippen molar-refractivity contribution in [2.24, 2.45) is 0 Å². The van der Waals surface area contributed by atoms with Crippen molar-refractivity contribution < 1.29 is 9.64 Å². The Bertz CT molecular complexity index is 935. The van der Waals surface area contributed by atoms with Gasteiger partial charge >= 0.3 is 0 Å². The summed E-state index contributed by atoms with van der Waals surface area (Å²) in [7, 11) is 1.66. The molecule has 0 amide bonds. The Morgan fingerprint density at radius 1 is 1.22 bits per heavy atom. The maximum Gasteiger partial charge on any atom is 0.209 e. The number of nitrogens with one attached hydrogen (secondary N) is 2. The molecular weight excluding hydrogens is 378 g/mol. The van der Waals surface area contributed by atoms with Gasteiger partial charge in [0.1, 0.15) is 12.3 Å². The third-order valence-corrected chi connectivity index (χ3v) is 5.86. The Labute approximate surface area is 167 Å². The summed E-state index contributed by atoms with van der Waals surface area (Å²) in [6.07, 6.45) is 6.25. The second-order valence-electron chi connectivity index (χ2n) is 6.65. The minimum absolute atomic E-state index is 0.694. The first-order valence-corrected chi connectivity index (χ1v) is 10.2. The largest absolute Gasteiger partial charge is 0.497 e. The molecule has 4 rings (SSSR count). The number of methoxy groups -OCH3 is 1. The number of quaternary nitrogens is 1. The molecule has 2 N–H and O–H groups in total. The number of pyridine rings is 1. The molecule has 1 aromatic carbocycles. The predicted octanol–water partition coefficient (Wildman–Crippen LogP) is 3.03. The van der Waals surface area contributed by atoms with Gasteiger partial charge in [0.2, 0.25) is 5.13 Å². The second kappa shape index (κ2) is 8.16. The summed E-state index contributed by atoms with van der Waals surface area (Å²) in [4.78, 5) is 5.61. The first-order chi connectivity index (χ1) is 13.2. The lowest BCUT2D eigenvalue weighted by Crippen LogP contribution is -3.11. The van der Waals surface area contributed by atoms with Gasteiger partial charge < -0.3 is 15.0 Å². The van der Waals surface area contributed by atoms with Crippen molar-refractivity contribution in [2.75, 3.05) is 12.4 Å². The van der Waals surface area contributed by atoms with Crippen molar-refractivity contribution in [1.29, 1.82) is 0 Å². The maximum absolute atomic E-state index is 5.55. The van der Waals surface area contributed by atoms with Gasteiger partial charge in [-0.1, -0.05) is 11.3 Å². The Hall–Kier alpha value is -2.29. The van der Waals surface area contributed by atoms with E-state index < -0.39 is 0 Å². The quantitative estimate of drug-likeness (QED) is 0.569. The van der Waals surface area contributed by atoms with Crippen molar-refractivity contribution >= 4 is 34.4 Å². The highest BCUT2D eigenvalue weighted by atomic mass is 32.1. The number of hydrogen-bond acceptors (Lipinski definition) is 6. The zero-order valence-electron chi connectivity index (χ0n) is 15.1. The number of benzene rings is 1. The smallest absolute Gasteiger partial charge is 0.209 e. The van der Waals surface area contributed by atoms with Crippen molar-refractivity contribution in [3.05, 3.63) is 58.3 Å². The normalized spacial score (nSPS) is 14.7. The van der Waals surface area contributed by atoms with Crippen LogP contribution < -0.4 is 15.0 Å². The van der Waals surface area contributed by atoms with Crippen LogP contribution in [0.15, 0.2) is 48.8 Å². The molecule has 27 heavy (non-hydrogen) atoms. The maximum atomic E-state index is 5.55. The SMILES string of the molecule is COc1ccc(Nc2nn(C[NH+](Cc3ccncc3)C3CC3)c(=S)s2)cc1. The highest BCUT2D eigenvalue weighted by molar-refractivity contribution is 7.73. The first-order valence-electron chi connectivity index (χ1n) is 8.94. The summed E-state index contributed by atoms with van der Waals surface area (Å²) in [5, 5.41) is 8.84. The molecule has 1 fully saturated rings. The predicted molar refractivity (Wildman–Crippen MR) is 109 cm³/mol. The summed E-state index contributed by atoms with van der Waals surface area (Å²) in [6, 6.07) is 12.6. The molecule has 1 atom stereocenters. The zero-order valence-corrected chi connectivity index (χ0v) is 16.7. The van der Waals surface area contributed by atoms with Crippen LogP contribution in [0.25, 0.3) is 0 Å². The summed E-state index contributed by atoms with van der Waals surface area (Å²) >= 11 is 7.05. The lowest BCUT2D eigenvalue weighted by atomic mass is 10.2. The van der Waals surface area contributed by atoms with E-state index in [-0.39, 0.29) is 0 Å². The van der Waals surface area contributed by atoms with Gasteiger partial charge in [0.05, 0.1) is 13.2 Å². The fraction of sp³-hybridized carbons (Fsp3) is 0.316. The lowest BCUT2D eigenvalue weighted by molar-refractivity contribution is -0.947. The molecule has 0 bridgehead atoms.